The summed E-state index contributed by atoms with van der Waals surface area (Å²) in [5, 5.41) is 17.8. The SMILES string of the molecule is O=C(O)C(CO)N1C(=O)c2ccncc2C1=O. The molecule has 7 nitrogen and oxygen atoms in total. The highest BCUT2D eigenvalue weighted by Crippen LogP contribution is 2.23. The molecule has 0 saturated heterocycles. The summed E-state index contributed by atoms with van der Waals surface area (Å²) in [4.78, 5) is 38.7. The van der Waals surface area contributed by atoms with Crippen LogP contribution in [0.3, 0.4) is 0 Å². The van der Waals surface area contributed by atoms with E-state index in [0.29, 0.717) is 4.90 Å². The number of aromatic nitrogens is 1. The Labute approximate surface area is 95.3 Å². The Morgan fingerprint density at radius 1 is 1.35 bits per heavy atom. The first-order valence-corrected chi connectivity index (χ1v) is 4.73. The standard InChI is InChI=1S/C10H8N2O5/c13-4-7(10(16)17)12-8(14)5-1-2-11-3-6(5)9(12)15/h1-3,7,13H,4H2,(H,16,17). The molecule has 2 N–H and O–H groups in total. The summed E-state index contributed by atoms with van der Waals surface area (Å²) in [7, 11) is 0. The summed E-state index contributed by atoms with van der Waals surface area (Å²) in [6.07, 6.45) is 2.54. The average molecular weight is 236 g/mol. The summed E-state index contributed by atoms with van der Waals surface area (Å²) in [5.74, 6) is -2.91. The van der Waals surface area contributed by atoms with Crippen LogP contribution in [0.2, 0.25) is 0 Å². The Morgan fingerprint density at radius 3 is 2.53 bits per heavy atom. The maximum Gasteiger partial charge on any atom is 0.329 e. The van der Waals surface area contributed by atoms with Gasteiger partial charge in [-0.15, -0.1) is 0 Å². The third-order valence-electron chi connectivity index (χ3n) is 2.49. The molecule has 7 heteroatoms. The maximum absolute atomic E-state index is 11.8. The summed E-state index contributed by atoms with van der Waals surface area (Å²) in [5.41, 5.74) is 0.155. The smallest absolute Gasteiger partial charge is 0.329 e. The fraction of sp³-hybridized carbons (Fsp3) is 0.200. The van der Waals surface area contributed by atoms with Crippen molar-refractivity contribution in [3.63, 3.8) is 0 Å². The van der Waals surface area contributed by atoms with Crippen LogP contribution < -0.4 is 0 Å². The zero-order chi connectivity index (χ0) is 12.6. The summed E-state index contributed by atoms with van der Waals surface area (Å²) >= 11 is 0. The third kappa shape index (κ3) is 1.56. The number of aliphatic hydroxyl groups excluding tert-OH is 1. The number of rotatable bonds is 3. The number of amides is 2. The lowest BCUT2D eigenvalue weighted by Gasteiger charge is -2.19. The summed E-state index contributed by atoms with van der Waals surface area (Å²) < 4.78 is 0. The Hall–Kier alpha value is -2.28. The molecule has 0 fully saturated rings. The van der Waals surface area contributed by atoms with Gasteiger partial charge in [-0.25, -0.2) is 4.79 Å². The van der Waals surface area contributed by atoms with E-state index in [9.17, 15) is 14.4 Å². The van der Waals surface area contributed by atoms with E-state index in [0.717, 1.165) is 0 Å². The highest BCUT2D eigenvalue weighted by molar-refractivity contribution is 6.22. The quantitative estimate of drug-likeness (QED) is 0.660. The molecule has 0 bridgehead atoms. The second-order valence-corrected chi connectivity index (χ2v) is 3.44. The molecule has 0 radical (unpaired) electrons. The van der Waals surface area contributed by atoms with Crippen molar-refractivity contribution in [2.75, 3.05) is 6.61 Å². The molecule has 2 amide bonds. The minimum absolute atomic E-state index is 0.0530. The van der Waals surface area contributed by atoms with Crippen LogP contribution in [-0.2, 0) is 4.79 Å². The van der Waals surface area contributed by atoms with Crippen LogP contribution in [0.1, 0.15) is 20.7 Å². The van der Waals surface area contributed by atoms with Gasteiger partial charge < -0.3 is 10.2 Å². The topological polar surface area (TPSA) is 108 Å². The molecule has 2 heterocycles. The molecule has 1 atom stereocenters. The number of carbonyl (C=O) groups is 3. The first-order valence-electron chi connectivity index (χ1n) is 4.73. The molecule has 1 aliphatic heterocycles. The minimum atomic E-state index is -1.57. The number of carboxylic acid groups (broad SMARTS) is 1. The van der Waals surface area contributed by atoms with Crippen molar-refractivity contribution in [2.45, 2.75) is 6.04 Å². The Balaban J connectivity index is 2.46. The second-order valence-electron chi connectivity index (χ2n) is 3.44. The predicted octanol–water partition coefficient (Wildman–Crippen LogP) is -0.877. The van der Waals surface area contributed by atoms with Crippen molar-refractivity contribution in [3.05, 3.63) is 29.6 Å². The van der Waals surface area contributed by atoms with Crippen molar-refractivity contribution < 1.29 is 24.6 Å². The molecule has 1 aliphatic rings. The van der Waals surface area contributed by atoms with Crippen LogP contribution in [0.4, 0.5) is 0 Å². The average Bonchev–Trinajstić information content (AvgIpc) is 2.56. The van der Waals surface area contributed by atoms with Gasteiger partial charge in [0.2, 0.25) is 0 Å². The van der Waals surface area contributed by atoms with E-state index in [4.69, 9.17) is 10.2 Å². The maximum atomic E-state index is 11.8. The lowest BCUT2D eigenvalue weighted by Crippen LogP contribution is -2.47. The minimum Gasteiger partial charge on any atom is -0.480 e. The number of carboxylic acids is 1. The Kier molecular flexibility index (Phi) is 2.60. The van der Waals surface area contributed by atoms with Gasteiger partial charge in [-0.1, -0.05) is 0 Å². The Bertz CT molecular complexity index is 478. The van der Waals surface area contributed by atoms with Crippen LogP contribution in [0.25, 0.3) is 0 Å². The van der Waals surface area contributed by atoms with Crippen molar-refractivity contribution in [2.24, 2.45) is 0 Å². The van der Waals surface area contributed by atoms with E-state index in [1.54, 1.807) is 0 Å². The first kappa shape index (κ1) is 11.2. The lowest BCUT2D eigenvalue weighted by atomic mass is 10.2. The molecule has 0 saturated carbocycles. The van der Waals surface area contributed by atoms with Gasteiger partial charge in [-0.2, -0.15) is 0 Å². The Morgan fingerprint density at radius 2 is 2.00 bits per heavy atom. The fourth-order valence-corrected chi connectivity index (χ4v) is 1.66. The number of aliphatic carboxylic acids is 1. The van der Waals surface area contributed by atoms with E-state index in [-0.39, 0.29) is 11.1 Å². The van der Waals surface area contributed by atoms with Gasteiger partial charge >= 0.3 is 5.97 Å². The van der Waals surface area contributed by atoms with Crippen LogP contribution in [0.15, 0.2) is 18.5 Å². The second kappa shape index (κ2) is 3.95. The van der Waals surface area contributed by atoms with Crippen LogP contribution >= 0.6 is 0 Å². The van der Waals surface area contributed by atoms with Crippen molar-refractivity contribution >= 4 is 17.8 Å². The number of carbonyl (C=O) groups excluding carboxylic acids is 2. The zero-order valence-electron chi connectivity index (χ0n) is 8.53. The van der Waals surface area contributed by atoms with Gasteiger partial charge in [0, 0.05) is 12.4 Å². The molecule has 0 spiro atoms. The molecule has 0 aliphatic carbocycles. The number of nitrogens with zero attached hydrogens (tertiary/aromatic N) is 2. The van der Waals surface area contributed by atoms with E-state index in [1.165, 1.54) is 18.5 Å². The fourth-order valence-electron chi connectivity index (χ4n) is 1.66. The zero-order valence-corrected chi connectivity index (χ0v) is 8.53. The highest BCUT2D eigenvalue weighted by atomic mass is 16.4. The van der Waals surface area contributed by atoms with Crippen molar-refractivity contribution in [1.82, 2.24) is 9.88 Å². The van der Waals surface area contributed by atoms with Gasteiger partial charge in [0.25, 0.3) is 11.8 Å². The number of imide groups is 1. The van der Waals surface area contributed by atoms with E-state index < -0.39 is 30.4 Å². The van der Waals surface area contributed by atoms with Crippen molar-refractivity contribution in [1.29, 1.82) is 0 Å². The van der Waals surface area contributed by atoms with Gasteiger partial charge in [0.05, 0.1) is 17.7 Å². The molecule has 2 rings (SSSR count). The molecule has 88 valence electrons. The first-order chi connectivity index (χ1) is 8.07. The van der Waals surface area contributed by atoms with Gasteiger partial charge in [-0.05, 0) is 6.07 Å². The van der Waals surface area contributed by atoms with Crippen LogP contribution in [0.5, 0.6) is 0 Å². The van der Waals surface area contributed by atoms with E-state index in [2.05, 4.69) is 4.98 Å². The number of hydrogen-bond donors (Lipinski definition) is 2. The van der Waals surface area contributed by atoms with Crippen molar-refractivity contribution in [3.8, 4) is 0 Å². The monoisotopic (exact) mass is 236 g/mol. The molecule has 1 aromatic rings. The number of pyridine rings is 1. The number of fused-ring (bicyclic) bond motifs is 1. The molecule has 1 unspecified atom stereocenters. The number of hydrogen-bond acceptors (Lipinski definition) is 5. The van der Waals surface area contributed by atoms with Gasteiger partial charge in [0.1, 0.15) is 0 Å². The van der Waals surface area contributed by atoms with Gasteiger partial charge in [0.15, 0.2) is 6.04 Å². The molecular formula is C10H8N2O5. The molecule has 17 heavy (non-hydrogen) atoms. The summed E-state index contributed by atoms with van der Waals surface area (Å²) in [6, 6.07) is -0.228. The largest absolute Gasteiger partial charge is 0.480 e. The third-order valence-corrected chi connectivity index (χ3v) is 2.49. The highest BCUT2D eigenvalue weighted by Gasteiger charge is 2.42. The molecule has 0 aromatic carbocycles. The van der Waals surface area contributed by atoms with Crippen LogP contribution in [-0.4, -0.2) is 50.5 Å². The van der Waals surface area contributed by atoms with Crippen LogP contribution in [0, 0.1) is 0 Å². The molecular weight excluding hydrogens is 228 g/mol. The molecule has 1 aromatic heterocycles. The summed E-state index contributed by atoms with van der Waals surface area (Å²) in [6.45, 7) is -0.825. The van der Waals surface area contributed by atoms with Gasteiger partial charge in [-0.3, -0.25) is 19.5 Å². The van der Waals surface area contributed by atoms with E-state index in [1.807, 2.05) is 0 Å². The van der Waals surface area contributed by atoms with E-state index >= 15 is 0 Å². The lowest BCUT2D eigenvalue weighted by molar-refractivity contribution is -0.142. The normalized spacial score (nSPS) is 15.9. The number of aliphatic hydroxyl groups is 1. The predicted molar refractivity (Wildman–Crippen MR) is 53.2 cm³/mol.